The maximum atomic E-state index is 13.0. The van der Waals surface area contributed by atoms with Crippen molar-refractivity contribution < 1.29 is 4.79 Å². The van der Waals surface area contributed by atoms with E-state index in [9.17, 15) is 4.79 Å². The summed E-state index contributed by atoms with van der Waals surface area (Å²) >= 11 is 0. The van der Waals surface area contributed by atoms with Crippen molar-refractivity contribution in [3.05, 3.63) is 71.3 Å². The van der Waals surface area contributed by atoms with Crippen LogP contribution in [-0.2, 0) is 6.54 Å². The molecule has 4 rings (SSSR count). The van der Waals surface area contributed by atoms with E-state index in [1.807, 2.05) is 49.8 Å². The summed E-state index contributed by atoms with van der Waals surface area (Å²) in [6, 6.07) is 9.93. The lowest BCUT2D eigenvalue weighted by Gasteiger charge is -2.12. The fraction of sp³-hybridized carbons (Fsp3) is 0.273. The summed E-state index contributed by atoms with van der Waals surface area (Å²) in [5, 5.41) is 11.9. The van der Waals surface area contributed by atoms with E-state index >= 15 is 0 Å². The fourth-order valence-corrected chi connectivity index (χ4v) is 3.47. The Labute approximate surface area is 169 Å². The van der Waals surface area contributed by atoms with Crippen LogP contribution in [0.25, 0.3) is 16.9 Å². The predicted molar refractivity (Wildman–Crippen MR) is 112 cm³/mol. The van der Waals surface area contributed by atoms with Crippen molar-refractivity contribution in [2.75, 3.05) is 0 Å². The molecule has 3 heterocycles. The number of aryl methyl sites for hydroxylation is 3. The molecule has 0 aliphatic heterocycles. The highest BCUT2D eigenvalue weighted by Gasteiger charge is 2.20. The Bertz CT molecular complexity index is 1170. The average molecular weight is 388 g/mol. The van der Waals surface area contributed by atoms with Crippen LogP contribution in [-0.4, -0.2) is 30.3 Å². The minimum atomic E-state index is -0.204. The van der Waals surface area contributed by atoms with Gasteiger partial charge in [0.1, 0.15) is 5.56 Å². The number of rotatable bonds is 5. The van der Waals surface area contributed by atoms with E-state index in [0.717, 1.165) is 29.1 Å². The summed E-state index contributed by atoms with van der Waals surface area (Å²) in [5.41, 5.74) is 6.01. The molecule has 1 N–H and O–H groups in total. The molecule has 0 bridgehead atoms. The zero-order valence-corrected chi connectivity index (χ0v) is 17.0. The van der Waals surface area contributed by atoms with Gasteiger partial charge in [-0.3, -0.25) is 9.48 Å². The molecule has 3 aromatic heterocycles. The van der Waals surface area contributed by atoms with E-state index in [2.05, 4.69) is 39.6 Å². The van der Waals surface area contributed by atoms with Gasteiger partial charge in [-0.1, -0.05) is 29.8 Å². The summed E-state index contributed by atoms with van der Waals surface area (Å²) < 4.78 is 3.59. The van der Waals surface area contributed by atoms with Crippen molar-refractivity contribution in [1.29, 1.82) is 0 Å². The lowest BCUT2D eigenvalue weighted by Crippen LogP contribution is -2.26. The molecule has 148 valence electrons. The van der Waals surface area contributed by atoms with Crippen LogP contribution in [0.2, 0.25) is 0 Å². The van der Waals surface area contributed by atoms with Crippen LogP contribution in [0.3, 0.4) is 0 Å². The first-order chi connectivity index (χ1) is 14.0. The van der Waals surface area contributed by atoms with Crippen LogP contribution in [0.4, 0.5) is 0 Å². The van der Waals surface area contributed by atoms with Crippen LogP contribution >= 0.6 is 0 Å². The van der Waals surface area contributed by atoms with Gasteiger partial charge in [0.25, 0.3) is 5.91 Å². The molecule has 1 unspecified atom stereocenters. The summed E-state index contributed by atoms with van der Waals surface area (Å²) in [5.74, 6) is -0.204. The van der Waals surface area contributed by atoms with Gasteiger partial charge in [-0.05, 0) is 33.8 Å². The van der Waals surface area contributed by atoms with E-state index in [1.54, 1.807) is 16.9 Å². The number of hydrogen-bond donors (Lipinski definition) is 1. The Morgan fingerprint density at radius 2 is 1.93 bits per heavy atom. The van der Waals surface area contributed by atoms with Gasteiger partial charge < -0.3 is 5.32 Å². The highest BCUT2D eigenvalue weighted by molar-refractivity contribution is 6.00. The molecule has 29 heavy (non-hydrogen) atoms. The molecule has 0 radical (unpaired) electrons. The molecule has 0 fully saturated rings. The number of benzene rings is 1. The Balaban J connectivity index is 1.64. The van der Waals surface area contributed by atoms with Gasteiger partial charge in [0.15, 0.2) is 5.65 Å². The molecule has 4 aromatic rings. The molecule has 1 aromatic carbocycles. The van der Waals surface area contributed by atoms with E-state index in [1.165, 1.54) is 5.56 Å². The minimum Gasteiger partial charge on any atom is -0.345 e. The van der Waals surface area contributed by atoms with Gasteiger partial charge in [0, 0.05) is 30.1 Å². The highest BCUT2D eigenvalue weighted by atomic mass is 16.1. The largest absolute Gasteiger partial charge is 0.345 e. The summed E-state index contributed by atoms with van der Waals surface area (Å²) in [4.78, 5) is 17.4. The van der Waals surface area contributed by atoms with Gasteiger partial charge in [0.05, 0.1) is 23.6 Å². The Hall–Kier alpha value is -3.48. The van der Waals surface area contributed by atoms with E-state index < -0.39 is 0 Å². The number of fused-ring (bicyclic) bond motifs is 1. The van der Waals surface area contributed by atoms with E-state index in [4.69, 9.17) is 0 Å². The number of hydrogen-bond acceptors (Lipinski definition) is 4. The molecular weight excluding hydrogens is 364 g/mol. The normalized spacial score (nSPS) is 12.3. The third-order valence-electron chi connectivity index (χ3n) is 5.12. The third kappa shape index (κ3) is 3.51. The molecule has 1 amide bonds. The van der Waals surface area contributed by atoms with Gasteiger partial charge in [-0.15, -0.1) is 0 Å². The lowest BCUT2D eigenvalue weighted by atomic mass is 10.1. The number of nitrogens with zero attached hydrogens (tertiary/aromatic N) is 5. The van der Waals surface area contributed by atoms with Gasteiger partial charge in [-0.25, -0.2) is 9.50 Å². The minimum absolute atomic E-state index is 0.168. The predicted octanol–water partition coefficient (Wildman–Crippen LogP) is 3.72. The smallest absolute Gasteiger partial charge is 0.257 e. The zero-order valence-electron chi connectivity index (χ0n) is 17.0. The molecule has 1 atom stereocenters. The molecular formula is C22H24N6O. The number of nitrogens with one attached hydrogen (secondary N) is 1. The van der Waals surface area contributed by atoms with Gasteiger partial charge in [0.2, 0.25) is 0 Å². The standard InChI is InChI=1S/C22H24N6O/c1-5-27-13-19(16(4)26-27)15(3)25-22(29)18-12-24-28-20(10-11-23-21(18)28)17-8-6-14(2)7-9-17/h6-13,15H,5H2,1-4H3,(H,25,29). The van der Waals surface area contributed by atoms with E-state index in [-0.39, 0.29) is 11.9 Å². The van der Waals surface area contributed by atoms with Crippen molar-refractivity contribution in [3.63, 3.8) is 0 Å². The number of aromatic nitrogens is 5. The first kappa shape index (κ1) is 18.9. The zero-order chi connectivity index (χ0) is 20.5. The summed E-state index contributed by atoms with van der Waals surface area (Å²) in [6.07, 6.45) is 5.26. The van der Waals surface area contributed by atoms with Gasteiger partial charge in [-0.2, -0.15) is 10.2 Å². The average Bonchev–Trinajstić information content (AvgIpc) is 3.32. The van der Waals surface area contributed by atoms with Crippen molar-refractivity contribution in [3.8, 4) is 11.3 Å². The topological polar surface area (TPSA) is 77.1 Å². The molecule has 0 saturated carbocycles. The van der Waals surface area contributed by atoms with Crippen LogP contribution in [0.1, 0.15) is 47.1 Å². The van der Waals surface area contributed by atoms with Crippen molar-refractivity contribution >= 4 is 11.6 Å². The maximum absolute atomic E-state index is 13.0. The highest BCUT2D eigenvalue weighted by Crippen LogP contribution is 2.22. The van der Waals surface area contributed by atoms with Crippen LogP contribution in [0.5, 0.6) is 0 Å². The maximum Gasteiger partial charge on any atom is 0.257 e. The van der Waals surface area contributed by atoms with Crippen molar-refractivity contribution in [2.24, 2.45) is 0 Å². The quantitative estimate of drug-likeness (QED) is 0.565. The Morgan fingerprint density at radius 3 is 2.62 bits per heavy atom. The molecule has 0 aliphatic carbocycles. The van der Waals surface area contributed by atoms with Gasteiger partial charge >= 0.3 is 0 Å². The summed E-state index contributed by atoms with van der Waals surface area (Å²) in [7, 11) is 0. The number of carbonyl (C=O) groups excluding carboxylic acids is 1. The van der Waals surface area contributed by atoms with Crippen molar-refractivity contribution in [1.82, 2.24) is 29.7 Å². The Morgan fingerprint density at radius 1 is 1.17 bits per heavy atom. The molecule has 7 heteroatoms. The summed E-state index contributed by atoms with van der Waals surface area (Å²) in [6.45, 7) is 8.79. The Kier molecular flexibility index (Phi) is 4.88. The van der Waals surface area contributed by atoms with Crippen molar-refractivity contribution in [2.45, 2.75) is 40.3 Å². The molecule has 0 saturated heterocycles. The van der Waals surface area contributed by atoms with Crippen LogP contribution in [0, 0.1) is 13.8 Å². The third-order valence-corrected chi connectivity index (χ3v) is 5.12. The SMILES string of the molecule is CCn1cc(C(C)NC(=O)c2cnn3c(-c4ccc(C)cc4)ccnc23)c(C)n1. The first-order valence-corrected chi connectivity index (χ1v) is 9.72. The second-order valence-corrected chi connectivity index (χ2v) is 7.21. The molecule has 7 nitrogen and oxygen atoms in total. The molecule has 0 spiro atoms. The van der Waals surface area contributed by atoms with Crippen LogP contribution < -0.4 is 5.32 Å². The first-order valence-electron chi connectivity index (χ1n) is 9.72. The fourth-order valence-electron chi connectivity index (χ4n) is 3.47. The number of carbonyl (C=O) groups is 1. The van der Waals surface area contributed by atoms with Crippen LogP contribution in [0.15, 0.2) is 48.9 Å². The van der Waals surface area contributed by atoms with E-state index in [0.29, 0.717) is 11.2 Å². The lowest BCUT2D eigenvalue weighted by molar-refractivity contribution is 0.0941. The number of amides is 1. The molecule has 0 aliphatic rings. The monoisotopic (exact) mass is 388 g/mol. The second kappa shape index (κ2) is 7.50. The second-order valence-electron chi connectivity index (χ2n) is 7.21.